The van der Waals surface area contributed by atoms with E-state index in [2.05, 4.69) is 25.4 Å². The lowest BCUT2D eigenvalue weighted by atomic mass is 10.1. The Bertz CT molecular complexity index is 1660. The van der Waals surface area contributed by atoms with Gasteiger partial charge in [-0.25, -0.2) is 9.48 Å². The van der Waals surface area contributed by atoms with Gasteiger partial charge in [0.25, 0.3) is 0 Å². The number of aliphatic imine (C=N–C) groups is 1. The van der Waals surface area contributed by atoms with Gasteiger partial charge >= 0.3 is 12.4 Å². The molecule has 5 rings (SSSR count). The van der Waals surface area contributed by atoms with Crippen molar-refractivity contribution in [3.05, 3.63) is 84.1 Å². The van der Waals surface area contributed by atoms with Gasteiger partial charge in [-0.3, -0.25) is 9.69 Å². The first-order valence-corrected chi connectivity index (χ1v) is 14.0. The molecule has 1 aliphatic heterocycles. The minimum Gasteiger partial charge on any atom is -0.406 e. The van der Waals surface area contributed by atoms with Gasteiger partial charge in [0.2, 0.25) is 5.91 Å². The van der Waals surface area contributed by atoms with E-state index >= 15 is 0 Å². The van der Waals surface area contributed by atoms with Crippen LogP contribution in [-0.2, 0) is 16.1 Å². The fourth-order valence-corrected chi connectivity index (χ4v) is 5.04. The van der Waals surface area contributed by atoms with Crippen LogP contribution in [0.2, 0.25) is 0 Å². The number of aromatic nitrogens is 3. The van der Waals surface area contributed by atoms with E-state index in [0.29, 0.717) is 41.5 Å². The monoisotopic (exact) mass is 610 g/mol. The Balaban J connectivity index is 1.26. The van der Waals surface area contributed by atoms with Crippen LogP contribution in [0.5, 0.6) is 5.75 Å². The third kappa shape index (κ3) is 7.40. The summed E-state index contributed by atoms with van der Waals surface area (Å²) >= 11 is 1.18. The lowest BCUT2D eigenvalue weighted by Crippen LogP contribution is -2.31. The van der Waals surface area contributed by atoms with Gasteiger partial charge in [0.1, 0.15) is 11.4 Å². The number of urea groups is 1. The Morgan fingerprint density at radius 1 is 1.09 bits per heavy atom. The lowest BCUT2D eigenvalue weighted by molar-refractivity contribution is -0.274. The van der Waals surface area contributed by atoms with E-state index < -0.39 is 12.4 Å². The minimum absolute atomic E-state index is 0.162. The van der Waals surface area contributed by atoms with Crippen LogP contribution in [0.3, 0.4) is 0 Å². The number of nitrogens with one attached hydrogen (secondary N) is 1. The summed E-state index contributed by atoms with van der Waals surface area (Å²) in [7, 11) is 0. The number of amidine groups is 1. The van der Waals surface area contributed by atoms with Crippen molar-refractivity contribution in [2.24, 2.45) is 4.99 Å². The molecule has 0 unspecified atom stereocenters. The Morgan fingerprint density at radius 2 is 1.84 bits per heavy atom. The molecule has 43 heavy (non-hydrogen) atoms. The quantitative estimate of drug-likeness (QED) is 0.248. The third-order valence-corrected chi connectivity index (χ3v) is 7.09. The molecule has 1 aromatic heterocycles. The number of amides is 3. The van der Waals surface area contributed by atoms with E-state index in [1.54, 1.807) is 30.5 Å². The van der Waals surface area contributed by atoms with Crippen molar-refractivity contribution in [2.75, 3.05) is 22.6 Å². The van der Waals surface area contributed by atoms with Crippen molar-refractivity contribution in [2.45, 2.75) is 26.8 Å². The SMILES string of the molecule is CCOCc1ccc(C)cc1N1C(=O)CSC1=NC(=O)Nc1ccc(-c2cn(-c3ccc(OC(F)(F)F)cc3)nn2)cc1. The highest BCUT2D eigenvalue weighted by Crippen LogP contribution is 2.31. The summed E-state index contributed by atoms with van der Waals surface area (Å²) in [6, 6.07) is 17.1. The van der Waals surface area contributed by atoms with E-state index in [9.17, 15) is 22.8 Å². The number of nitrogens with zero attached hydrogens (tertiary/aromatic N) is 5. The Kier molecular flexibility index (Phi) is 8.78. The van der Waals surface area contributed by atoms with Crippen molar-refractivity contribution in [1.29, 1.82) is 0 Å². The Morgan fingerprint density at radius 3 is 2.53 bits per heavy atom. The van der Waals surface area contributed by atoms with E-state index in [4.69, 9.17) is 4.74 Å². The number of ether oxygens (including phenoxy) is 2. The maximum atomic E-state index is 12.8. The average Bonchev–Trinajstić information content (AvgIpc) is 3.59. The van der Waals surface area contributed by atoms with Crippen LogP contribution >= 0.6 is 11.8 Å². The van der Waals surface area contributed by atoms with E-state index in [0.717, 1.165) is 11.1 Å². The van der Waals surface area contributed by atoms with Gasteiger partial charge in [-0.05, 0) is 61.9 Å². The lowest BCUT2D eigenvalue weighted by Gasteiger charge is -2.20. The highest BCUT2D eigenvalue weighted by molar-refractivity contribution is 8.15. The third-order valence-electron chi connectivity index (χ3n) is 6.17. The summed E-state index contributed by atoms with van der Waals surface area (Å²) in [4.78, 5) is 31.2. The molecule has 0 radical (unpaired) electrons. The zero-order valence-corrected chi connectivity index (χ0v) is 23.8. The number of carbonyl (C=O) groups excluding carboxylic acids is 2. The highest BCUT2D eigenvalue weighted by atomic mass is 32.2. The Hall–Kier alpha value is -4.69. The van der Waals surface area contributed by atoms with Crippen LogP contribution in [0.15, 0.2) is 77.9 Å². The second-order valence-electron chi connectivity index (χ2n) is 9.28. The maximum Gasteiger partial charge on any atom is 0.573 e. The second-order valence-corrected chi connectivity index (χ2v) is 10.2. The summed E-state index contributed by atoms with van der Waals surface area (Å²) in [6.07, 6.45) is -3.16. The smallest absolute Gasteiger partial charge is 0.406 e. The molecule has 3 amide bonds. The number of carbonyl (C=O) groups is 2. The first-order chi connectivity index (χ1) is 20.6. The summed E-state index contributed by atoms with van der Waals surface area (Å²) in [5, 5.41) is 11.1. The van der Waals surface area contributed by atoms with Crippen LogP contribution in [-0.4, -0.2) is 50.8 Å². The molecule has 0 bridgehead atoms. The van der Waals surface area contributed by atoms with Gasteiger partial charge in [-0.1, -0.05) is 41.2 Å². The number of anilines is 2. The number of alkyl halides is 3. The van der Waals surface area contributed by atoms with Gasteiger partial charge in [0.15, 0.2) is 5.17 Å². The fraction of sp³-hybridized carbons (Fsp3) is 0.207. The van der Waals surface area contributed by atoms with Crippen LogP contribution < -0.4 is 15.0 Å². The number of aryl methyl sites for hydroxylation is 1. The normalized spacial score (nSPS) is 14.4. The van der Waals surface area contributed by atoms with Crippen molar-refractivity contribution in [1.82, 2.24) is 15.0 Å². The molecule has 0 aliphatic carbocycles. The van der Waals surface area contributed by atoms with Gasteiger partial charge in [-0.2, -0.15) is 4.99 Å². The van der Waals surface area contributed by atoms with Gasteiger partial charge < -0.3 is 14.8 Å². The summed E-state index contributed by atoms with van der Waals surface area (Å²) < 4.78 is 48.1. The molecule has 0 saturated carbocycles. The second kappa shape index (κ2) is 12.7. The molecule has 0 atom stereocenters. The number of benzene rings is 3. The van der Waals surface area contributed by atoms with E-state index in [-0.39, 0.29) is 22.6 Å². The summed E-state index contributed by atoms with van der Waals surface area (Å²) in [5.41, 5.74) is 4.57. The average molecular weight is 611 g/mol. The minimum atomic E-state index is -4.77. The zero-order valence-electron chi connectivity index (χ0n) is 23.0. The van der Waals surface area contributed by atoms with Crippen molar-refractivity contribution >= 4 is 40.2 Å². The Labute approximate surface area is 248 Å². The first-order valence-electron chi connectivity index (χ1n) is 13.0. The molecule has 0 spiro atoms. The van der Waals surface area contributed by atoms with Crippen LogP contribution in [0, 0.1) is 6.92 Å². The van der Waals surface area contributed by atoms with Crippen molar-refractivity contribution < 1.29 is 32.2 Å². The molecule has 3 aromatic carbocycles. The van der Waals surface area contributed by atoms with E-state index in [1.165, 1.54) is 45.6 Å². The molecule has 1 saturated heterocycles. The highest BCUT2D eigenvalue weighted by Gasteiger charge is 2.32. The standard InChI is InChI=1S/C29H25F3N6O4S/c1-3-41-16-20-5-4-18(2)14-25(20)38-26(39)17-43-28(38)34-27(40)33-21-8-6-19(7-9-21)24-15-37(36-35-24)22-10-12-23(13-11-22)42-29(30,31)32/h4-15H,3,16-17H2,1-2H3,(H,33,40). The summed E-state index contributed by atoms with van der Waals surface area (Å²) in [5.74, 6) is -0.357. The molecule has 2 heterocycles. The van der Waals surface area contributed by atoms with Gasteiger partial charge in [0.05, 0.1) is 29.9 Å². The number of rotatable bonds is 8. The van der Waals surface area contributed by atoms with Crippen LogP contribution in [0.4, 0.5) is 29.3 Å². The fourth-order valence-electron chi connectivity index (χ4n) is 4.18. The van der Waals surface area contributed by atoms with Gasteiger partial charge in [0, 0.05) is 23.4 Å². The largest absolute Gasteiger partial charge is 0.573 e. The zero-order chi connectivity index (χ0) is 30.6. The van der Waals surface area contributed by atoms with Crippen LogP contribution in [0.1, 0.15) is 18.1 Å². The first kappa shape index (κ1) is 29.8. The number of hydrogen-bond acceptors (Lipinski definition) is 7. The van der Waals surface area contributed by atoms with Crippen LogP contribution in [0.25, 0.3) is 16.9 Å². The van der Waals surface area contributed by atoms with E-state index in [1.807, 2.05) is 32.0 Å². The molecular formula is C29H25F3N6O4S. The molecule has 222 valence electrons. The predicted molar refractivity (Wildman–Crippen MR) is 156 cm³/mol. The molecule has 1 aliphatic rings. The molecule has 4 aromatic rings. The number of halogens is 3. The molecule has 1 fully saturated rings. The molecule has 1 N–H and O–H groups in total. The topological polar surface area (TPSA) is 111 Å². The summed E-state index contributed by atoms with van der Waals surface area (Å²) in [6.45, 7) is 4.66. The van der Waals surface area contributed by atoms with Gasteiger partial charge in [-0.15, -0.1) is 18.3 Å². The van der Waals surface area contributed by atoms with Crippen molar-refractivity contribution in [3.63, 3.8) is 0 Å². The predicted octanol–water partition coefficient (Wildman–Crippen LogP) is 6.35. The molecular weight excluding hydrogens is 585 g/mol. The van der Waals surface area contributed by atoms with Crippen molar-refractivity contribution in [3.8, 4) is 22.7 Å². The number of thioether (sulfide) groups is 1. The number of hydrogen-bond donors (Lipinski definition) is 1. The molecule has 14 heteroatoms. The molecule has 10 nitrogen and oxygen atoms in total. The maximum absolute atomic E-state index is 12.8.